The maximum Gasteiger partial charge on any atom is 0.194 e. The minimum absolute atomic E-state index is 0.208. The van der Waals surface area contributed by atoms with Crippen molar-refractivity contribution in [2.24, 2.45) is 0 Å². The summed E-state index contributed by atoms with van der Waals surface area (Å²) in [6.45, 7) is 0. The van der Waals surface area contributed by atoms with Crippen LogP contribution in [-0.2, 0) is 4.74 Å². The van der Waals surface area contributed by atoms with Gasteiger partial charge < -0.3 is 25.2 Å². The Hall–Kier alpha value is -2.42. The van der Waals surface area contributed by atoms with Crippen LogP contribution in [0.25, 0.3) is 0 Å². The summed E-state index contributed by atoms with van der Waals surface area (Å²) in [5.41, 5.74) is 0.416. The smallest absolute Gasteiger partial charge is 0.194 e. The molecule has 27 heavy (non-hydrogen) atoms. The van der Waals surface area contributed by atoms with Crippen molar-refractivity contribution in [1.82, 2.24) is 0 Å². The molecule has 0 aromatic heterocycles. The van der Waals surface area contributed by atoms with E-state index in [1.165, 1.54) is 24.3 Å². The van der Waals surface area contributed by atoms with Gasteiger partial charge in [-0.15, -0.1) is 0 Å². The van der Waals surface area contributed by atoms with E-state index in [1.54, 1.807) is 36.4 Å². The summed E-state index contributed by atoms with van der Waals surface area (Å²) in [5.74, 6) is -1.40. The van der Waals surface area contributed by atoms with E-state index in [4.69, 9.17) is 4.74 Å². The summed E-state index contributed by atoms with van der Waals surface area (Å²) in [6, 6.07) is 15.9. The van der Waals surface area contributed by atoms with Gasteiger partial charge in [-0.25, -0.2) is 0 Å². The molecule has 142 valence electrons. The molecule has 0 bridgehead atoms. The molecule has 0 radical (unpaired) electrons. The summed E-state index contributed by atoms with van der Waals surface area (Å²) >= 11 is 0. The fourth-order valence-corrected chi connectivity index (χ4v) is 3.10. The number of Topliss-reactive ketones (excluding diaryl/α,β-unsaturated/α-hetero) is 2. The van der Waals surface area contributed by atoms with Crippen LogP contribution in [0.1, 0.15) is 20.7 Å². The lowest BCUT2D eigenvalue weighted by molar-refractivity contribution is -0.0789. The van der Waals surface area contributed by atoms with Crippen LogP contribution in [0.4, 0.5) is 0 Å². The fraction of sp³-hybridized carbons (Fsp3) is 0.300. The monoisotopic (exact) mass is 372 g/mol. The van der Waals surface area contributed by atoms with E-state index in [0.717, 1.165) is 0 Å². The van der Waals surface area contributed by atoms with Crippen molar-refractivity contribution >= 4 is 11.6 Å². The first-order chi connectivity index (χ1) is 12.9. The first-order valence-corrected chi connectivity index (χ1v) is 8.48. The second kappa shape index (κ2) is 8.08. The molecular formula is C20H20O7. The van der Waals surface area contributed by atoms with Crippen molar-refractivity contribution in [3.8, 4) is 0 Å². The van der Waals surface area contributed by atoms with E-state index < -0.39 is 48.2 Å². The van der Waals surface area contributed by atoms with Gasteiger partial charge in [-0.1, -0.05) is 60.7 Å². The minimum Gasteiger partial charge on any atom is -0.387 e. The first-order valence-electron chi connectivity index (χ1n) is 8.48. The van der Waals surface area contributed by atoms with Crippen LogP contribution in [0, 0.1) is 0 Å². The van der Waals surface area contributed by atoms with Crippen molar-refractivity contribution in [2.75, 3.05) is 0 Å². The average Bonchev–Trinajstić information content (AvgIpc) is 3.02. The molecule has 3 rings (SSSR count). The van der Waals surface area contributed by atoms with Gasteiger partial charge in [-0.05, 0) is 0 Å². The Morgan fingerprint density at radius 3 is 1.37 bits per heavy atom. The summed E-state index contributed by atoms with van der Waals surface area (Å²) in [4.78, 5) is 24.7. The highest BCUT2D eigenvalue weighted by atomic mass is 16.6. The van der Waals surface area contributed by atoms with Gasteiger partial charge in [0.15, 0.2) is 11.6 Å². The summed E-state index contributed by atoms with van der Waals surface area (Å²) in [5, 5.41) is 41.0. The molecule has 0 amide bonds. The molecule has 6 atom stereocenters. The number of hydrogen-bond acceptors (Lipinski definition) is 7. The minimum atomic E-state index is -1.76. The topological polar surface area (TPSA) is 124 Å². The second-order valence-electron chi connectivity index (χ2n) is 6.40. The Labute approximate surface area is 155 Å². The number of aliphatic hydroxyl groups excluding tert-OH is 4. The summed E-state index contributed by atoms with van der Waals surface area (Å²) < 4.78 is 5.35. The molecule has 0 aliphatic carbocycles. The molecule has 1 saturated heterocycles. The number of rotatable bonds is 6. The van der Waals surface area contributed by atoms with Crippen LogP contribution in [0.15, 0.2) is 60.7 Å². The highest BCUT2D eigenvalue weighted by Gasteiger charge is 2.51. The number of ketones is 2. The lowest BCUT2D eigenvalue weighted by Crippen LogP contribution is -2.44. The Bertz CT molecular complexity index is 725. The van der Waals surface area contributed by atoms with E-state index in [-0.39, 0.29) is 11.1 Å². The molecule has 1 aliphatic rings. The molecular weight excluding hydrogens is 352 g/mol. The van der Waals surface area contributed by atoms with Crippen LogP contribution < -0.4 is 0 Å². The van der Waals surface area contributed by atoms with Crippen molar-refractivity contribution in [1.29, 1.82) is 0 Å². The second-order valence-corrected chi connectivity index (χ2v) is 6.40. The zero-order valence-corrected chi connectivity index (χ0v) is 14.3. The van der Waals surface area contributed by atoms with Gasteiger partial charge in [-0.2, -0.15) is 0 Å². The molecule has 1 heterocycles. The SMILES string of the molecule is O=C(c1ccccc1)C(O)[C@H]1O[C@H](C(O)C(=O)c2ccccc2)[C@@H](O)[C@@H]1O. The molecule has 0 spiro atoms. The van der Waals surface area contributed by atoms with E-state index in [9.17, 15) is 30.0 Å². The number of ether oxygens (including phenoxy) is 1. The largest absolute Gasteiger partial charge is 0.387 e. The lowest BCUT2D eigenvalue weighted by atomic mass is 9.95. The Kier molecular flexibility index (Phi) is 5.79. The summed E-state index contributed by atoms with van der Waals surface area (Å²) in [7, 11) is 0. The Morgan fingerprint density at radius 1 is 0.704 bits per heavy atom. The number of aliphatic hydroxyl groups is 4. The van der Waals surface area contributed by atoms with Gasteiger partial charge in [0.1, 0.15) is 36.6 Å². The van der Waals surface area contributed by atoms with Crippen molar-refractivity contribution in [3.63, 3.8) is 0 Å². The Morgan fingerprint density at radius 2 is 1.04 bits per heavy atom. The van der Waals surface area contributed by atoms with Crippen LogP contribution in [0.5, 0.6) is 0 Å². The van der Waals surface area contributed by atoms with Gasteiger partial charge >= 0.3 is 0 Å². The number of carbonyl (C=O) groups is 2. The highest BCUT2D eigenvalue weighted by molar-refractivity contribution is 6.00. The number of hydrogen-bond donors (Lipinski definition) is 4. The molecule has 7 heteroatoms. The van der Waals surface area contributed by atoms with Crippen LogP contribution in [0.3, 0.4) is 0 Å². The fourth-order valence-electron chi connectivity index (χ4n) is 3.10. The zero-order chi connectivity index (χ0) is 19.6. The van der Waals surface area contributed by atoms with Crippen molar-refractivity contribution in [3.05, 3.63) is 71.8 Å². The zero-order valence-electron chi connectivity index (χ0n) is 14.3. The molecule has 2 aromatic carbocycles. The summed E-state index contributed by atoms with van der Waals surface area (Å²) in [6.07, 6.45) is -9.76. The lowest BCUT2D eigenvalue weighted by Gasteiger charge is -2.21. The molecule has 2 unspecified atom stereocenters. The van der Waals surface area contributed by atoms with Gasteiger partial charge in [0.2, 0.25) is 0 Å². The van der Waals surface area contributed by atoms with Gasteiger partial charge in [0.05, 0.1) is 0 Å². The van der Waals surface area contributed by atoms with E-state index >= 15 is 0 Å². The third-order valence-corrected chi connectivity index (χ3v) is 4.61. The maximum atomic E-state index is 12.4. The van der Waals surface area contributed by atoms with E-state index in [1.807, 2.05) is 0 Å². The van der Waals surface area contributed by atoms with Gasteiger partial charge in [0.25, 0.3) is 0 Å². The van der Waals surface area contributed by atoms with Crippen LogP contribution >= 0.6 is 0 Å². The average molecular weight is 372 g/mol. The molecule has 7 nitrogen and oxygen atoms in total. The van der Waals surface area contributed by atoms with E-state index in [2.05, 4.69) is 0 Å². The quantitative estimate of drug-likeness (QED) is 0.525. The van der Waals surface area contributed by atoms with Gasteiger partial charge in [0, 0.05) is 11.1 Å². The predicted octanol–water partition coefficient (Wildman–Crippen LogP) is -0.0368. The molecule has 1 aliphatic heterocycles. The van der Waals surface area contributed by atoms with Crippen LogP contribution in [0.2, 0.25) is 0 Å². The third kappa shape index (κ3) is 3.83. The number of benzene rings is 2. The molecule has 1 fully saturated rings. The normalized spacial score (nSPS) is 27.1. The maximum absolute atomic E-state index is 12.4. The predicted molar refractivity (Wildman–Crippen MR) is 94.2 cm³/mol. The highest BCUT2D eigenvalue weighted by Crippen LogP contribution is 2.28. The van der Waals surface area contributed by atoms with Crippen molar-refractivity contribution in [2.45, 2.75) is 36.6 Å². The molecule has 4 N–H and O–H groups in total. The van der Waals surface area contributed by atoms with Crippen LogP contribution in [-0.4, -0.2) is 68.6 Å². The van der Waals surface area contributed by atoms with Crippen molar-refractivity contribution < 1.29 is 34.8 Å². The first kappa shape index (κ1) is 19.3. The van der Waals surface area contributed by atoms with Gasteiger partial charge in [-0.3, -0.25) is 9.59 Å². The molecule has 2 aromatic rings. The standard InChI is InChI=1S/C20H20O7/c21-13(11-7-3-1-4-8-11)15(23)19-17(25)18(26)20(27-19)16(24)14(22)12-9-5-2-6-10-12/h1-10,15-20,23-26H/t15?,16?,17-,18-,19+,20+/m0/s1. The third-order valence-electron chi connectivity index (χ3n) is 4.61. The molecule has 0 saturated carbocycles. The van der Waals surface area contributed by atoms with E-state index in [0.29, 0.717) is 0 Å². The number of carbonyl (C=O) groups excluding carboxylic acids is 2. The Balaban J connectivity index is 1.75.